The molecule has 0 spiro atoms. The molecule has 0 unspecified atom stereocenters. The van der Waals surface area contributed by atoms with Gasteiger partial charge < -0.3 is 13.9 Å². The molecule has 2 aromatic carbocycles. The molecule has 6 nitrogen and oxygen atoms in total. The third-order valence-corrected chi connectivity index (χ3v) is 6.01. The van der Waals surface area contributed by atoms with E-state index in [2.05, 4.69) is 4.98 Å². The first-order valence-corrected chi connectivity index (χ1v) is 10.2. The van der Waals surface area contributed by atoms with E-state index in [4.69, 9.17) is 13.9 Å². The molecule has 4 aromatic rings. The largest absolute Gasteiger partial charge is 0.482 e. The van der Waals surface area contributed by atoms with Crippen molar-refractivity contribution in [2.24, 2.45) is 0 Å². The fourth-order valence-electron chi connectivity index (χ4n) is 3.66. The highest BCUT2D eigenvalue weighted by molar-refractivity contribution is 7.18. The van der Waals surface area contributed by atoms with Crippen molar-refractivity contribution >= 4 is 38.5 Å². The molecule has 0 atom stereocenters. The van der Waals surface area contributed by atoms with Crippen molar-refractivity contribution < 1.29 is 18.7 Å². The number of fused-ring (bicyclic) bond motifs is 4. The van der Waals surface area contributed by atoms with Crippen LogP contribution in [0.3, 0.4) is 0 Å². The van der Waals surface area contributed by atoms with E-state index in [0.717, 1.165) is 51.0 Å². The second-order valence-corrected chi connectivity index (χ2v) is 8.00. The quantitative estimate of drug-likeness (QED) is 0.367. The van der Waals surface area contributed by atoms with E-state index >= 15 is 0 Å². The lowest BCUT2D eigenvalue weighted by molar-refractivity contribution is -0.147. The Bertz CT molecular complexity index is 1260. The first-order valence-electron chi connectivity index (χ1n) is 9.39. The van der Waals surface area contributed by atoms with Crippen LogP contribution in [0, 0.1) is 0 Å². The van der Waals surface area contributed by atoms with Crippen LogP contribution in [-0.4, -0.2) is 17.6 Å². The number of benzene rings is 2. The fraction of sp³-hybridized carbons (Fsp3) is 0.227. The van der Waals surface area contributed by atoms with Gasteiger partial charge in [0, 0.05) is 17.0 Å². The standard InChI is InChI=1S/C22H17NO5S/c24-21(27-11-20-23-17-6-1-2-7-19(17)29-20)12-26-13-8-9-15-14-4-3-5-16(14)22(25)28-18(15)10-13/h1-2,6-10H,3-5,11-12H2. The van der Waals surface area contributed by atoms with Gasteiger partial charge in [-0.15, -0.1) is 11.3 Å². The minimum absolute atomic E-state index is 0.111. The summed E-state index contributed by atoms with van der Waals surface area (Å²) in [5.74, 6) is -0.0321. The highest BCUT2D eigenvalue weighted by atomic mass is 32.1. The second-order valence-electron chi connectivity index (χ2n) is 6.88. The van der Waals surface area contributed by atoms with E-state index in [1.165, 1.54) is 11.3 Å². The number of aromatic nitrogens is 1. The van der Waals surface area contributed by atoms with E-state index in [1.54, 1.807) is 12.1 Å². The molecule has 1 aliphatic rings. The van der Waals surface area contributed by atoms with Gasteiger partial charge in [-0.2, -0.15) is 0 Å². The molecule has 7 heteroatoms. The van der Waals surface area contributed by atoms with Crippen LogP contribution in [0.15, 0.2) is 51.7 Å². The molecule has 0 N–H and O–H groups in total. The molecule has 146 valence electrons. The van der Waals surface area contributed by atoms with Crippen molar-refractivity contribution in [3.8, 4) is 5.75 Å². The molecule has 0 fully saturated rings. The number of thiazole rings is 1. The number of hydrogen-bond acceptors (Lipinski definition) is 7. The maximum absolute atomic E-state index is 12.1. The molecule has 0 bridgehead atoms. The van der Waals surface area contributed by atoms with Gasteiger partial charge in [-0.25, -0.2) is 14.6 Å². The van der Waals surface area contributed by atoms with Crippen molar-refractivity contribution in [2.75, 3.05) is 6.61 Å². The molecular weight excluding hydrogens is 390 g/mol. The molecule has 29 heavy (non-hydrogen) atoms. The normalized spacial score (nSPS) is 13.0. The third kappa shape index (κ3) is 3.49. The van der Waals surface area contributed by atoms with E-state index < -0.39 is 5.97 Å². The van der Waals surface area contributed by atoms with Crippen molar-refractivity contribution in [2.45, 2.75) is 25.9 Å². The van der Waals surface area contributed by atoms with Crippen LogP contribution in [-0.2, 0) is 29.0 Å². The number of nitrogens with zero attached hydrogens (tertiary/aromatic N) is 1. The van der Waals surface area contributed by atoms with E-state index in [1.807, 2.05) is 30.3 Å². The summed E-state index contributed by atoms with van der Waals surface area (Å²) < 4.78 is 17.3. The molecule has 2 heterocycles. The number of carbonyl (C=O) groups excluding carboxylic acids is 1. The first kappa shape index (κ1) is 17.9. The summed E-state index contributed by atoms with van der Waals surface area (Å²) in [6, 6.07) is 13.1. The molecule has 0 saturated heterocycles. The van der Waals surface area contributed by atoms with Crippen molar-refractivity contribution in [1.82, 2.24) is 4.98 Å². The van der Waals surface area contributed by atoms with Gasteiger partial charge in [-0.3, -0.25) is 0 Å². The summed E-state index contributed by atoms with van der Waals surface area (Å²) in [6.07, 6.45) is 2.63. The van der Waals surface area contributed by atoms with Crippen LogP contribution >= 0.6 is 11.3 Å². The minimum atomic E-state index is -0.486. The van der Waals surface area contributed by atoms with E-state index in [9.17, 15) is 9.59 Å². The number of rotatable bonds is 5. The number of aryl methyl sites for hydroxylation is 1. The Morgan fingerprint density at radius 3 is 2.90 bits per heavy atom. The van der Waals surface area contributed by atoms with E-state index in [-0.39, 0.29) is 18.8 Å². The first-order chi connectivity index (χ1) is 14.2. The van der Waals surface area contributed by atoms with Gasteiger partial charge in [0.25, 0.3) is 0 Å². The van der Waals surface area contributed by atoms with Crippen LogP contribution in [0.1, 0.15) is 22.6 Å². The van der Waals surface area contributed by atoms with Gasteiger partial charge in [0.05, 0.1) is 10.2 Å². The molecule has 0 amide bonds. The summed E-state index contributed by atoms with van der Waals surface area (Å²) in [6.45, 7) is -0.119. The maximum atomic E-state index is 12.1. The van der Waals surface area contributed by atoms with Gasteiger partial charge in [-0.1, -0.05) is 12.1 Å². The van der Waals surface area contributed by atoms with Gasteiger partial charge in [0.1, 0.15) is 22.9 Å². The van der Waals surface area contributed by atoms with Crippen LogP contribution in [0.4, 0.5) is 0 Å². The Hall–Kier alpha value is -3.19. The Balaban J connectivity index is 1.23. The van der Waals surface area contributed by atoms with Gasteiger partial charge in [-0.05, 0) is 49.1 Å². The Morgan fingerprint density at radius 2 is 2.00 bits per heavy atom. The number of hydrogen-bond donors (Lipinski definition) is 0. The SMILES string of the molecule is O=C(COc1ccc2c3c(c(=O)oc2c1)CCC3)OCc1nc2ccccc2s1. The van der Waals surface area contributed by atoms with Crippen molar-refractivity contribution in [3.05, 3.63) is 69.0 Å². The fourth-order valence-corrected chi connectivity index (χ4v) is 4.54. The molecule has 0 saturated carbocycles. The van der Waals surface area contributed by atoms with Gasteiger partial charge in [0.2, 0.25) is 0 Å². The highest BCUT2D eigenvalue weighted by Gasteiger charge is 2.19. The predicted octanol–water partition coefficient (Wildman–Crippen LogP) is 4.01. The summed E-state index contributed by atoms with van der Waals surface area (Å²) in [4.78, 5) is 28.6. The lowest BCUT2D eigenvalue weighted by Crippen LogP contribution is -2.14. The van der Waals surface area contributed by atoms with Crippen LogP contribution in [0.25, 0.3) is 21.2 Å². The molecule has 2 aromatic heterocycles. The summed E-state index contributed by atoms with van der Waals surface area (Å²) in [7, 11) is 0. The lowest BCUT2D eigenvalue weighted by Gasteiger charge is -2.08. The minimum Gasteiger partial charge on any atom is -0.482 e. The number of para-hydroxylation sites is 1. The van der Waals surface area contributed by atoms with Gasteiger partial charge in [0.15, 0.2) is 6.61 Å². The summed E-state index contributed by atoms with van der Waals surface area (Å²) in [5.41, 5.74) is 2.94. The van der Waals surface area contributed by atoms with Crippen molar-refractivity contribution in [3.63, 3.8) is 0 Å². The smallest absolute Gasteiger partial charge is 0.344 e. The second kappa shape index (κ2) is 7.33. The zero-order valence-corrected chi connectivity index (χ0v) is 16.3. The Labute approximate surface area is 169 Å². The average molecular weight is 407 g/mol. The maximum Gasteiger partial charge on any atom is 0.344 e. The third-order valence-electron chi connectivity index (χ3n) is 5.00. The Kier molecular flexibility index (Phi) is 4.52. The monoisotopic (exact) mass is 407 g/mol. The van der Waals surface area contributed by atoms with Gasteiger partial charge >= 0.3 is 11.6 Å². The van der Waals surface area contributed by atoms with Crippen LogP contribution in [0.5, 0.6) is 5.75 Å². The highest BCUT2D eigenvalue weighted by Crippen LogP contribution is 2.29. The number of esters is 1. The molecule has 0 radical (unpaired) electrons. The Morgan fingerprint density at radius 1 is 1.14 bits per heavy atom. The molecule has 1 aliphatic carbocycles. The average Bonchev–Trinajstić information content (AvgIpc) is 3.38. The van der Waals surface area contributed by atoms with Crippen molar-refractivity contribution in [1.29, 1.82) is 0 Å². The molecule has 0 aliphatic heterocycles. The van der Waals surface area contributed by atoms with Crippen LogP contribution < -0.4 is 10.4 Å². The summed E-state index contributed by atoms with van der Waals surface area (Å²) >= 11 is 1.49. The number of ether oxygens (including phenoxy) is 2. The predicted molar refractivity (Wildman–Crippen MR) is 109 cm³/mol. The van der Waals surface area contributed by atoms with Crippen LogP contribution in [0.2, 0.25) is 0 Å². The zero-order chi connectivity index (χ0) is 19.8. The topological polar surface area (TPSA) is 78.6 Å². The molecule has 5 rings (SSSR count). The number of carbonyl (C=O) groups is 1. The zero-order valence-electron chi connectivity index (χ0n) is 15.5. The lowest BCUT2D eigenvalue weighted by atomic mass is 10.1. The van der Waals surface area contributed by atoms with E-state index in [0.29, 0.717) is 11.3 Å². The summed E-state index contributed by atoms with van der Waals surface area (Å²) in [5, 5.41) is 1.67. The molecular formula is C22H17NO5S.